The van der Waals surface area contributed by atoms with E-state index in [1.54, 1.807) is 14.0 Å². The maximum atomic E-state index is 12.7. The largest absolute Gasteiger partial charge is 0.480 e. The number of carbonyl (C=O) groups excluding carboxylic acids is 1. The summed E-state index contributed by atoms with van der Waals surface area (Å²) in [5.41, 5.74) is 3.38. The van der Waals surface area contributed by atoms with Crippen LogP contribution in [0.2, 0.25) is 0 Å². The molecule has 0 saturated carbocycles. The topological polar surface area (TPSA) is 77.8 Å². The molecule has 1 atom stereocenters. The normalized spacial score (nSPS) is 12.0. The molecule has 30 heavy (non-hydrogen) atoms. The number of ether oxygens (including phenoxy) is 2. The molecule has 6 nitrogen and oxygen atoms in total. The Kier molecular flexibility index (Phi) is 6.90. The van der Waals surface area contributed by atoms with Crippen LogP contribution in [0.1, 0.15) is 29.2 Å². The minimum Gasteiger partial charge on any atom is -0.480 e. The van der Waals surface area contributed by atoms with Crippen molar-refractivity contribution in [3.63, 3.8) is 0 Å². The van der Waals surface area contributed by atoms with Crippen LogP contribution >= 0.6 is 0 Å². The van der Waals surface area contributed by atoms with Gasteiger partial charge in [0.25, 0.3) is 5.91 Å². The first-order valence-electron chi connectivity index (χ1n) is 9.95. The van der Waals surface area contributed by atoms with E-state index in [-0.39, 0.29) is 11.5 Å². The van der Waals surface area contributed by atoms with Crippen molar-refractivity contribution in [3.05, 3.63) is 75.1 Å². The average molecular weight is 409 g/mol. The van der Waals surface area contributed by atoms with Crippen LogP contribution in [0.4, 0.5) is 0 Å². The van der Waals surface area contributed by atoms with Crippen molar-refractivity contribution >= 4 is 16.9 Å². The highest BCUT2D eigenvalue weighted by atomic mass is 16.5. The fourth-order valence-electron chi connectivity index (χ4n) is 3.40. The first-order chi connectivity index (χ1) is 14.4. The number of rotatable bonds is 8. The Bertz CT molecular complexity index is 1090. The van der Waals surface area contributed by atoms with E-state index >= 15 is 0 Å². The van der Waals surface area contributed by atoms with Crippen LogP contribution in [-0.2, 0) is 16.0 Å². The van der Waals surface area contributed by atoms with Gasteiger partial charge < -0.3 is 19.2 Å². The van der Waals surface area contributed by atoms with E-state index in [1.165, 1.54) is 0 Å². The summed E-state index contributed by atoms with van der Waals surface area (Å²) in [6.45, 7) is 6.31. The van der Waals surface area contributed by atoms with E-state index in [1.807, 2.05) is 56.3 Å². The minimum atomic E-state index is -0.712. The summed E-state index contributed by atoms with van der Waals surface area (Å²) in [6.07, 6.45) is -0.249. The molecule has 1 heterocycles. The van der Waals surface area contributed by atoms with E-state index < -0.39 is 6.10 Å². The molecule has 0 aliphatic rings. The number of hydrogen-bond acceptors (Lipinski definition) is 5. The summed E-state index contributed by atoms with van der Waals surface area (Å²) in [6, 6.07) is 13.4. The lowest BCUT2D eigenvalue weighted by molar-refractivity contribution is -0.127. The number of fused-ring (bicyclic) bond motifs is 1. The molecule has 0 radical (unpaired) electrons. The molecule has 0 spiro atoms. The fourth-order valence-corrected chi connectivity index (χ4v) is 3.40. The lowest BCUT2D eigenvalue weighted by Crippen LogP contribution is -2.38. The van der Waals surface area contributed by atoms with Gasteiger partial charge in [0.2, 0.25) is 0 Å². The Labute approximate surface area is 175 Å². The van der Waals surface area contributed by atoms with Gasteiger partial charge in [0.05, 0.1) is 12.0 Å². The van der Waals surface area contributed by atoms with E-state index in [2.05, 4.69) is 5.32 Å². The van der Waals surface area contributed by atoms with Crippen LogP contribution in [0.25, 0.3) is 11.0 Å². The van der Waals surface area contributed by atoms with Crippen LogP contribution < -0.4 is 15.7 Å². The first-order valence-corrected chi connectivity index (χ1v) is 9.95. The monoisotopic (exact) mass is 409 g/mol. The zero-order valence-electron chi connectivity index (χ0n) is 17.8. The van der Waals surface area contributed by atoms with Gasteiger partial charge in [0, 0.05) is 25.6 Å². The van der Waals surface area contributed by atoms with Crippen molar-refractivity contribution in [1.29, 1.82) is 0 Å². The van der Waals surface area contributed by atoms with Gasteiger partial charge in [-0.05, 0) is 49.6 Å². The molecule has 1 amide bonds. The van der Waals surface area contributed by atoms with Gasteiger partial charge in [-0.15, -0.1) is 0 Å². The standard InChI is InChI=1S/C24H27NO5/c1-15-12-20(29-17(3)23(26)25-10-11-28-4)22-16(2)19(24(27)30-21(22)13-15)14-18-8-6-5-7-9-18/h5-9,12-13,17H,10-11,14H2,1-4H3,(H,25,26). The molecule has 6 heteroatoms. The van der Waals surface area contributed by atoms with E-state index in [4.69, 9.17) is 13.9 Å². The van der Waals surface area contributed by atoms with Gasteiger partial charge in [-0.3, -0.25) is 4.79 Å². The van der Waals surface area contributed by atoms with Gasteiger partial charge >= 0.3 is 5.63 Å². The number of nitrogens with one attached hydrogen (secondary N) is 1. The van der Waals surface area contributed by atoms with Crippen molar-refractivity contribution in [1.82, 2.24) is 5.32 Å². The quantitative estimate of drug-likeness (QED) is 0.455. The minimum absolute atomic E-state index is 0.235. The van der Waals surface area contributed by atoms with Gasteiger partial charge in [-0.2, -0.15) is 0 Å². The fraction of sp³-hybridized carbons (Fsp3) is 0.333. The smallest absolute Gasteiger partial charge is 0.340 e. The van der Waals surface area contributed by atoms with E-state index in [0.717, 1.165) is 16.7 Å². The van der Waals surface area contributed by atoms with Gasteiger partial charge in [-0.25, -0.2) is 4.79 Å². The molecular weight excluding hydrogens is 382 g/mol. The molecule has 0 aliphatic carbocycles. The SMILES string of the molecule is COCCNC(=O)C(C)Oc1cc(C)cc2oc(=O)c(Cc3ccccc3)c(C)c12. The van der Waals surface area contributed by atoms with Crippen molar-refractivity contribution in [2.75, 3.05) is 20.3 Å². The van der Waals surface area contributed by atoms with Crippen molar-refractivity contribution in [2.24, 2.45) is 0 Å². The highest BCUT2D eigenvalue weighted by molar-refractivity contribution is 5.89. The molecule has 3 rings (SSSR count). The Balaban J connectivity index is 1.99. The average Bonchev–Trinajstić information content (AvgIpc) is 2.71. The molecule has 0 bridgehead atoms. The summed E-state index contributed by atoms with van der Waals surface area (Å²) in [4.78, 5) is 25.0. The van der Waals surface area contributed by atoms with Crippen LogP contribution in [0.5, 0.6) is 5.75 Å². The van der Waals surface area contributed by atoms with Crippen molar-refractivity contribution in [3.8, 4) is 5.75 Å². The Morgan fingerprint density at radius 3 is 2.60 bits per heavy atom. The number of amides is 1. The summed E-state index contributed by atoms with van der Waals surface area (Å²) in [5, 5.41) is 3.48. The maximum Gasteiger partial charge on any atom is 0.340 e. The summed E-state index contributed by atoms with van der Waals surface area (Å²) >= 11 is 0. The zero-order chi connectivity index (χ0) is 21.7. The predicted octanol–water partition coefficient (Wildman–Crippen LogP) is 3.53. The molecule has 158 valence electrons. The van der Waals surface area contributed by atoms with Crippen LogP contribution in [0, 0.1) is 13.8 Å². The third-order valence-corrected chi connectivity index (χ3v) is 4.99. The van der Waals surface area contributed by atoms with E-state index in [9.17, 15) is 9.59 Å². The van der Waals surface area contributed by atoms with Crippen molar-refractivity contribution in [2.45, 2.75) is 33.3 Å². The summed E-state index contributed by atoms with van der Waals surface area (Å²) in [5.74, 6) is 0.288. The lowest BCUT2D eigenvalue weighted by Gasteiger charge is -2.18. The number of benzene rings is 2. The second kappa shape index (κ2) is 9.59. The molecule has 0 aliphatic heterocycles. The van der Waals surface area contributed by atoms with Crippen molar-refractivity contribution < 1.29 is 18.7 Å². The Morgan fingerprint density at radius 2 is 1.90 bits per heavy atom. The van der Waals surface area contributed by atoms with Gasteiger partial charge in [0.1, 0.15) is 11.3 Å². The number of aryl methyl sites for hydroxylation is 2. The summed E-state index contributed by atoms with van der Waals surface area (Å²) < 4.78 is 16.6. The molecular formula is C24H27NO5. The molecule has 1 unspecified atom stereocenters. The van der Waals surface area contributed by atoms with Crippen LogP contribution in [0.15, 0.2) is 51.7 Å². The highest BCUT2D eigenvalue weighted by Crippen LogP contribution is 2.32. The summed E-state index contributed by atoms with van der Waals surface area (Å²) in [7, 11) is 1.58. The Hall–Kier alpha value is -3.12. The number of carbonyl (C=O) groups is 1. The highest BCUT2D eigenvalue weighted by Gasteiger charge is 2.20. The van der Waals surface area contributed by atoms with Crippen LogP contribution in [0.3, 0.4) is 0 Å². The van der Waals surface area contributed by atoms with E-state index in [0.29, 0.717) is 41.9 Å². The van der Waals surface area contributed by atoms with Gasteiger partial charge in [0.15, 0.2) is 6.10 Å². The Morgan fingerprint density at radius 1 is 1.17 bits per heavy atom. The molecule has 3 aromatic rings. The zero-order valence-corrected chi connectivity index (χ0v) is 17.8. The second-order valence-electron chi connectivity index (χ2n) is 7.34. The molecule has 1 N–H and O–H groups in total. The molecule has 0 saturated heterocycles. The lowest BCUT2D eigenvalue weighted by atomic mass is 9.98. The van der Waals surface area contributed by atoms with Gasteiger partial charge in [-0.1, -0.05) is 30.3 Å². The molecule has 0 fully saturated rings. The number of hydrogen-bond donors (Lipinski definition) is 1. The second-order valence-corrected chi connectivity index (χ2v) is 7.34. The third kappa shape index (κ3) is 4.89. The molecule has 2 aromatic carbocycles. The number of methoxy groups -OCH3 is 1. The third-order valence-electron chi connectivity index (χ3n) is 4.99. The molecule has 1 aromatic heterocycles. The maximum absolute atomic E-state index is 12.7. The first kappa shape index (κ1) is 21.6. The predicted molar refractivity (Wildman–Crippen MR) is 116 cm³/mol. The van der Waals surface area contributed by atoms with Crippen LogP contribution in [-0.4, -0.2) is 32.3 Å².